The van der Waals surface area contributed by atoms with Crippen molar-refractivity contribution in [1.82, 2.24) is 15.2 Å². The number of carbonyl (C=O) groups excluding carboxylic acids is 1. The summed E-state index contributed by atoms with van der Waals surface area (Å²) in [5.74, 6) is -1.71. The molecule has 0 aliphatic carbocycles. The van der Waals surface area contributed by atoms with Gasteiger partial charge in [0.1, 0.15) is 11.9 Å². The van der Waals surface area contributed by atoms with Gasteiger partial charge in [-0.25, -0.2) is 9.78 Å². The first-order valence-electron chi connectivity index (χ1n) is 7.92. The van der Waals surface area contributed by atoms with Gasteiger partial charge in [0.25, 0.3) is 0 Å². The van der Waals surface area contributed by atoms with Crippen molar-refractivity contribution in [2.45, 2.75) is 45.6 Å². The molecule has 132 valence electrons. The molecule has 5 N–H and O–H groups in total. The average molecular weight is 336 g/mol. The van der Waals surface area contributed by atoms with Gasteiger partial charge < -0.3 is 15.9 Å². The summed E-state index contributed by atoms with van der Waals surface area (Å²) in [7, 11) is 0. The number of hydrogen-bond acceptors (Lipinski definition) is 6. The smallest absolute Gasteiger partial charge is 0.327 e. The van der Waals surface area contributed by atoms with Gasteiger partial charge >= 0.3 is 5.97 Å². The second-order valence-corrected chi connectivity index (χ2v) is 6.50. The summed E-state index contributed by atoms with van der Waals surface area (Å²) in [6.07, 6.45) is 0.433. The maximum atomic E-state index is 12.4. The largest absolute Gasteiger partial charge is 0.480 e. The zero-order chi connectivity index (χ0) is 18.0. The number of carboxylic acids is 1. The van der Waals surface area contributed by atoms with E-state index in [4.69, 9.17) is 5.73 Å². The minimum Gasteiger partial charge on any atom is -0.480 e. The van der Waals surface area contributed by atoms with Gasteiger partial charge in [-0.3, -0.25) is 15.0 Å². The lowest BCUT2D eigenvalue weighted by Gasteiger charge is -2.47. The molecule has 24 heavy (non-hydrogen) atoms. The fourth-order valence-electron chi connectivity index (χ4n) is 2.72. The molecular formula is C16H24N4O4. The normalized spacial score (nSPS) is 23.0. The molecule has 1 aromatic rings. The lowest BCUT2D eigenvalue weighted by atomic mass is 9.82. The molecule has 1 saturated heterocycles. The Bertz CT molecular complexity index is 622. The number of carboxylic acid groups (broad SMARTS) is 1. The molecule has 1 amide bonds. The number of aliphatic hydroxyl groups is 1. The zero-order valence-electron chi connectivity index (χ0n) is 14.0. The average Bonchev–Trinajstić information content (AvgIpc) is 2.49. The Kier molecular flexibility index (Phi) is 5.40. The Morgan fingerprint density at radius 2 is 2.12 bits per heavy atom. The molecule has 8 nitrogen and oxygen atoms in total. The molecule has 1 aliphatic heterocycles. The highest BCUT2D eigenvalue weighted by atomic mass is 16.4. The number of nitrogens with zero attached hydrogens (tertiary/aromatic N) is 2. The molecule has 8 heteroatoms. The van der Waals surface area contributed by atoms with Crippen molar-refractivity contribution >= 4 is 17.7 Å². The van der Waals surface area contributed by atoms with Crippen LogP contribution in [0.1, 0.15) is 26.3 Å². The number of aromatic nitrogens is 1. The van der Waals surface area contributed by atoms with Crippen molar-refractivity contribution in [1.29, 1.82) is 0 Å². The van der Waals surface area contributed by atoms with Gasteiger partial charge in [0, 0.05) is 12.2 Å². The summed E-state index contributed by atoms with van der Waals surface area (Å²) in [5, 5.41) is 22.5. The van der Waals surface area contributed by atoms with Crippen LogP contribution in [0.2, 0.25) is 0 Å². The van der Waals surface area contributed by atoms with Gasteiger partial charge in [-0.05, 0) is 37.0 Å². The molecule has 2 rings (SSSR count). The summed E-state index contributed by atoms with van der Waals surface area (Å²) < 4.78 is 0. The number of nitrogens with one attached hydrogen (secondary N) is 1. The highest BCUT2D eigenvalue weighted by Gasteiger charge is 2.54. The third-order valence-electron chi connectivity index (χ3n) is 4.48. The molecule has 1 aliphatic rings. The summed E-state index contributed by atoms with van der Waals surface area (Å²) >= 11 is 0. The maximum absolute atomic E-state index is 12.4. The number of anilines is 1. The van der Waals surface area contributed by atoms with E-state index in [0.717, 1.165) is 10.5 Å². The summed E-state index contributed by atoms with van der Waals surface area (Å²) in [5.41, 5.74) is 6.35. The summed E-state index contributed by atoms with van der Waals surface area (Å²) in [4.78, 5) is 28.8. The van der Waals surface area contributed by atoms with Gasteiger partial charge in [-0.15, -0.1) is 0 Å². The second kappa shape index (κ2) is 7.14. The fourth-order valence-corrected chi connectivity index (χ4v) is 2.72. The van der Waals surface area contributed by atoms with Crippen molar-refractivity contribution in [2.75, 3.05) is 5.73 Å². The molecule has 1 fully saturated rings. The van der Waals surface area contributed by atoms with Gasteiger partial charge in [0.15, 0.2) is 6.35 Å². The molecule has 4 atom stereocenters. The van der Waals surface area contributed by atoms with Gasteiger partial charge in [-0.1, -0.05) is 13.8 Å². The minimum absolute atomic E-state index is 0.0682. The SMILES string of the molecule is CC(C)C(C)NC(O)N1C(=O)C(Cc2ccnc(N)c2)C1C(=O)O. The number of pyridine rings is 1. The summed E-state index contributed by atoms with van der Waals surface area (Å²) in [6, 6.07) is 2.17. The van der Waals surface area contributed by atoms with Crippen LogP contribution in [0, 0.1) is 11.8 Å². The van der Waals surface area contributed by atoms with E-state index in [1.165, 1.54) is 6.20 Å². The van der Waals surface area contributed by atoms with Crippen molar-refractivity contribution in [2.24, 2.45) is 11.8 Å². The molecule has 0 radical (unpaired) electrons. The Labute approximate surface area is 140 Å². The van der Waals surface area contributed by atoms with Crippen LogP contribution in [-0.2, 0) is 16.0 Å². The standard InChI is InChI=1S/C16H24N4O4/c1-8(2)9(3)19-16(24)20-13(15(22)23)11(14(20)21)6-10-4-5-18-12(17)7-10/h4-5,7-9,11,13,16,19,24H,6H2,1-3H3,(H2,17,18)(H,22,23). The van der Waals surface area contributed by atoms with Crippen LogP contribution >= 0.6 is 0 Å². The number of rotatable bonds is 7. The third-order valence-corrected chi connectivity index (χ3v) is 4.48. The van der Waals surface area contributed by atoms with E-state index in [1.807, 2.05) is 20.8 Å². The number of aliphatic carboxylic acids is 1. The first-order valence-corrected chi connectivity index (χ1v) is 7.92. The molecule has 0 bridgehead atoms. The number of β-lactam (4-membered cyclic amide) rings is 1. The molecule has 2 heterocycles. The minimum atomic E-state index is -1.32. The fraction of sp³-hybridized carbons (Fsp3) is 0.562. The van der Waals surface area contributed by atoms with E-state index in [2.05, 4.69) is 10.3 Å². The zero-order valence-corrected chi connectivity index (χ0v) is 14.0. The van der Waals surface area contributed by atoms with Gasteiger partial charge in [0.05, 0.1) is 5.92 Å². The number of nitrogens with two attached hydrogens (primary N) is 1. The highest BCUT2D eigenvalue weighted by Crippen LogP contribution is 2.31. The number of amides is 1. The lowest BCUT2D eigenvalue weighted by molar-refractivity contribution is -0.191. The molecule has 0 spiro atoms. The van der Waals surface area contributed by atoms with Gasteiger partial charge in [-0.2, -0.15) is 0 Å². The van der Waals surface area contributed by atoms with Crippen LogP contribution in [0.15, 0.2) is 18.3 Å². The Balaban J connectivity index is 2.10. The monoisotopic (exact) mass is 336 g/mol. The van der Waals surface area contributed by atoms with E-state index in [-0.39, 0.29) is 18.4 Å². The molecule has 4 unspecified atom stereocenters. The van der Waals surface area contributed by atoms with E-state index < -0.39 is 30.2 Å². The highest BCUT2D eigenvalue weighted by molar-refractivity contribution is 5.96. The van der Waals surface area contributed by atoms with E-state index in [9.17, 15) is 19.8 Å². The van der Waals surface area contributed by atoms with E-state index in [1.54, 1.807) is 12.1 Å². The van der Waals surface area contributed by atoms with Crippen LogP contribution in [-0.4, -0.2) is 50.4 Å². The van der Waals surface area contributed by atoms with Crippen LogP contribution < -0.4 is 11.1 Å². The third kappa shape index (κ3) is 3.65. The van der Waals surface area contributed by atoms with Crippen LogP contribution in [0.3, 0.4) is 0 Å². The molecule has 0 saturated carbocycles. The van der Waals surface area contributed by atoms with Crippen LogP contribution in [0.5, 0.6) is 0 Å². The van der Waals surface area contributed by atoms with Crippen LogP contribution in [0.4, 0.5) is 5.82 Å². The van der Waals surface area contributed by atoms with Crippen LogP contribution in [0.25, 0.3) is 0 Å². The molecule has 0 aromatic carbocycles. The topological polar surface area (TPSA) is 129 Å². The van der Waals surface area contributed by atoms with Crippen molar-refractivity contribution in [3.05, 3.63) is 23.9 Å². The second-order valence-electron chi connectivity index (χ2n) is 6.50. The number of nitrogen functional groups attached to an aromatic ring is 1. The summed E-state index contributed by atoms with van der Waals surface area (Å²) in [6.45, 7) is 5.80. The predicted molar refractivity (Wildman–Crippen MR) is 87.6 cm³/mol. The Morgan fingerprint density at radius 1 is 1.46 bits per heavy atom. The number of aliphatic hydroxyl groups excluding tert-OH is 1. The first-order chi connectivity index (χ1) is 11.2. The molecular weight excluding hydrogens is 312 g/mol. The molecule has 1 aromatic heterocycles. The lowest BCUT2D eigenvalue weighted by Crippen LogP contribution is -2.71. The van der Waals surface area contributed by atoms with Gasteiger partial charge in [0.2, 0.25) is 5.91 Å². The first kappa shape index (κ1) is 18.2. The Morgan fingerprint density at radius 3 is 2.67 bits per heavy atom. The van der Waals surface area contributed by atoms with Crippen molar-refractivity contribution in [3.63, 3.8) is 0 Å². The van der Waals surface area contributed by atoms with Crippen molar-refractivity contribution in [3.8, 4) is 0 Å². The van der Waals surface area contributed by atoms with Crippen molar-refractivity contribution < 1.29 is 19.8 Å². The Hall–Kier alpha value is -2.19. The quantitative estimate of drug-likeness (QED) is 0.408. The number of hydrogen-bond donors (Lipinski definition) is 4. The van der Waals surface area contributed by atoms with E-state index >= 15 is 0 Å². The number of likely N-dealkylation sites (tertiary alicyclic amines) is 1. The number of carbonyl (C=O) groups is 2. The predicted octanol–water partition coefficient (Wildman–Crippen LogP) is 0.0279. The van der Waals surface area contributed by atoms with E-state index in [0.29, 0.717) is 5.82 Å². The maximum Gasteiger partial charge on any atom is 0.327 e.